The van der Waals surface area contributed by atoms with Crippen LogP contribution >= 0.6 is 0 Å². The third-order valence-electron chi connectivity index (χ3n) is 6.42. The van der Waals surface area contributed by atoms with Crippen LogP contribution in [0.15, 0.2) is 71.5 Å². The van der Waals surface area contributed by atoms with E-state index in [-0.39, 0.29) is 11.7 Å². The van der Waals surface area contributed by atoms with Gasteiger partial charge in [-0.05, 0) is 48.4 Å². The molecule has 0 unspecified atom stereocenters. The smallest absolute Gasteiger partial charge is 0.275 e. The third kappa shape index (κ3) is 3.10. The Balaban J connectivity index is 1.40. The number of benzene rings is 2. The molecule has 5 aromatic rings. The van der Waals surface area contributed by atoms with Gasteiger partial charge in [0.15, 0.2) is 11.5 Å². The van der Waals surface area contributed by atoms with Crippen molar-refractivity contribution < 1.29 is 18.3 Å². The van der Waals surface area contributed by atoms with E-state index in [1.165, 1.54) is 6.07 Å². The highest BCUT2D eigenvalue weighted by molar-refractivity contribution is 6.00. The van der Waals surface area contributed by atoms with Crippen molar-refractivity contribution in [2.24, 2.45) is 0 Å². The van der Waals surface area contributed by atoms with Gasteiger partial charge in [-0.15, -0.1) is 0 Å². The molecule has 0 fully saturated rings. The summed E-state index contributed by atoms with van der Waals surface area (Å²) in [4.78, 5) is 18.4. The quantitative estimate of drug-likeness (QED) is 0.373. The first-order chi connectivity index (χ1) is 16.7. The van der Waals surface area contributed by atoms with Crippen molar-refractivity contribution in [3.63, 3.8) is 0 Å². The van der Waals surface area contributed by atoms with Crippen molar-refractivity contribution in [2.75, 3.05) is 13.7 Å². The van der Waals surface area contributed by atoms with Crippen LogP contribution in [-0.4, -0.2) is 39.6 Å². The van der Waals surface area contributed by atoms with Crippen LogP contribution in [-0.2, 0) is 6.42 Å². The number of nitrogens with zero attached hydrogens (tertiary/aromatic N) is 2. The Morgan fingerprint density at radius 3 is 2.85 bits per heavy atom. The first-order valence-electron chi connectivity index (χ1n) is 11.0. The van der Waals surface area contributed by atoms with Crippen molar-refractivity contribution in [3.05, 3.63) is 95.3 Å². The molecular formula is C26H21FN4O3. The van der Waals surface area contributed by atoms with Gasteiger partial charge in [0, 0.05) is 34.8 Å². The molecule has 6 rings (SSSR count). The fraction of sp³-hybridized carbons (Fsp3) is 0.154. The predicted molar refractivity (Wildman–Crippen MR) is 124 cm³/mol. The summed E-state index contributed by atoms with van der Waals surface area (Å²) < 4.78 is 25.9. The normalized spacial score (nSPS) is 15.3. The second kappa shape index (κ2) is 7.91. The van der Waals surface area contributed by atoms with E-state index in [0.29, 0.717) is 41.2 Å². The monoisotopic (exact) mass is 456 g/mol. The Kier molecular flexibility index (Phi) is 4.72. The minimum atomic E-state index is -0.623. The summed E-state index contributed by atoms with van der Waals surface area (Å²) in [5.74, 6) is 0.697. The lowest BCUT2D eigenvalue weighted by Crippen LogP contribution is -2.32. The molecule has 0 spiro atoms. The molecule has 4 heterocycles. The Hall–Kier alpha value is -4.33. The van der Waals surface area contributed by atoms with Gasteiger partial charge in [0.1, 0.15) is 17.3 Å². The fourth-order valence-electron chi connectivity index (χ4n) is 4.78. The van der Waals surface area contributed by atoms with Crippen molar-refractivity contribution >= 4 is 16.8 Å². The van der Waals surface area contributed by atoms with Gasteiger partial charge in [0.05, 0.1) is 19.4 Å². The number of furan rings is 1. The van der Waals surface area contributed by atoms with Crippen molar-refractivity contribution in [1.29, 1.82) is 0 Å². The van der Waals surface area contributed by atoms with Crippen LogP contribution in [0.3, 0.4) is 0 Å². The number of carbonyl (C=O) groups excluding carboxylic acids is 1. The number of nitrogens with one attached hydrogen (secondary N) is 2. The summed E-state index contributed by atoms with van der Waals surface area (Å²) >= 11 is 0. The maximum Gasteiger partial charge on any atom is 0.275 e. The summed E-state index contributed by atoms with van der Waals surface area (Å²) in [6.45, 7) is 0.385. The number of ether oxygens (including phenoxy) is 1. The summed E-state index contributed by atoms with van der Waals surface area (Å²) in [7, 11) is 1.63. The van der Waals surface area contributed by atoms with Crippen molar-refractivity contribution in [2.45, 2.75) is 12.5 Å². The minimum absolute atomic E-state index is 0.241. The van der Waals surface area contributed by atoms with E-state index in [2.05, 4.69) is 15.2 Å². The lowest BCUT2D eigenvalue weighted by molar-refractivity contribution is 0.0744. The number of carbonyl (C=O) groups is 1. The molecule has 7 nitrogen and oxygen atoms in total. The largest absolute Gasteiger partial charge is 0.497 e. The lowest BCUT2D eigenvalue weighted by Gasteiger charge is -2.26. The van der Waals surface area contributed by atoms with E-state index in [4.69, 9.17) is 9.15 Å². The van der Waals surface area contributed by atoms with E-state index < -0.39 is 6.04 Å². The molecular weight excluding hydrogens is 435 g/mol. The highest BCUT2D eigenvalue weighted by atomic mass is 19.1. The predicted octanol–water partition coefficient (Wildman–Crippen LogP) is 5.09. The number of H-pyrrole nitrogens is 2. The molecule has 0 bridgehead atoms. The number of halogens is 1. The van der Waals surface area contributed by atoms with Gasteiger partial charge in [-0.25, -0.2) is 4.39 Å². The fourth-order valence-corrected chi connectivity index (χ4v) is 4.78. The number of aromatic nitrogens is 3. The van der Waals surface area contributed by atoms with E-state index >= 15 is 4.39 Å². The molecule has 0 saturated heterocycles. The molecule has 170 valence electrons. The zero-order valence-electron chi connectivity index (χ0n) is 18.3. The van der Waals surface area contributed by atoms with Gasteiger partial charge in [-0.1, -0.05) is 18.2 Å². The Bertz CT molecular complexity index is 1500. The molecule has 2 N–H and O–H groups in total. The highest BCUT2D eigenvalue weighted by Gasteiger charge is 2.43. The molecule has 8 heteroatoms. The maximum atomic E-state index is 15.0. The number of rotatable bonds is 6. The number of hydrogen-bond acceptors (Lipinski definition) is 4. The second-order valence-corrected chi connectivity index (χ2v) is 8.24. The lowest BCUT2D eigenvalue weighted by atomic mass is 9.97. The average Bonchev–Trinajstić information content (AvgIpc) is 3.64. The van der Waals surface area contributed by atoms with Gasteiger partial charge in [0.2, 0.25) is 0 Å². The van der Waals surface area contributed by atoms with E-state index in [1.54, 1.807) is 48.6 Å². The molecule has 1 amide bonds. The number of methoxy groups -OCH3 is 1. The molecule has 34 heavy (non-hydrogen) atoms. The van der Waals surface area contributed by atoms with E-state index in [1.807, 2.05) is 24.4 Å². The van der Waals surface area contributed by atoms with Crippen molar-refractivity contribution in [3.8, 4) is 17.2 Å². The zero-order valence-corrected chi connectivity index (χ0v) is 18.3. The summed E-state index contributed by atoms with van der Waals surface area (Å²) in [6.07, 6.45) is 4.07. The van der Waals surface area contributed by atoms with Crippen LogP contribution in [0.25, 0.3) is 22.4 Å². The minimum Gasteiger partial charge on any atom is -0.497 e. The molecule has 2 aromatic carbocycles. The standard InChI is InChI=1S/C26H21FN4O3/c1-33-16-8-9-20-18(13-16)15(14-28-20)10-11-31-25(17-5-2-3-6-19(17)27)22-23(21-7-4-12-34-21)29-30-24(22)26(31)32/h2-9,12-14,25,28H,10-11H2,1H3,(H,29,30)/t25-/m1/s1. The van der Waals surface area contributed by atoms with Gasteiger partial charge >= 0.3 is 0 Å². The summed E-state index contributed by atoms with van der Waals surface area (Å²) in [5, 5.41) is 8.24. The molecule has 1 aliphatic heterocycles. The SMILES string of the molecule is COc1ccc2[nH]cc(CCN3C(=O)c4n[nH]c(-c5ccco5)c4[C@H]3c3ccccc3F)c2c1. The Morgan fingerprint density at radius 2 is 2.06 bits per heavy atom. The number of aromatic amines is 2. The molecule has 3 aromatic heterocycles. The van der Waals surface area contributed by atoms with Crippen LogP contribution in [0.4, 0.5) is 4.39 Å². The first-order valence-corrected chi connectivity index (χ1v) is 11.0. The van der Waals surface area contributed by atoms with Crippen LogP contribution < -0.4 is 4.74 Å². The van der Waals surface area contributed by atoms with Gasteiger partial charge in [0.25, 0.3) is 5.91 Å². The number of fused-ring (bicyclic) bond motifs is 2. The molecule has 0 aliphatic carbocycles. The van der Waals surface area contributed by atoms with Crippen LogP contribution in [0, 0.1) is 5.82 Å². The average molecular weight is 456 g/mol. The Labute approximate surface area is 194 Å². The Morgan fingerprint density at radius 1 is 1.18 bits per heavy atom. The van der Waals surface area contributed by atoms with Gasteiger partial charge in [-0.2, -0.15) is 5.10 Å². The first kappa shape index (κ1) is 20.3. The van der Waals surface area contributed by atoms with Crippen LogP contribution in [0.5, 0.6) is 5.75 Å². The van der Waals surface area contributed by atoms with E-state index in [9.17, 15) is 4.79 Å². The number of amides is 1. The molecule has 0 saturated carbocycles. The zero-order chi connectivity index (χ0) is 23.2. The third-order valence-corrected chi connectivity index (χ3v) is 6.42. The molecule has 0 radical (unpaired) electrons. The van der Waals surface area contributed by atoms with Gasteiger partial charge < -0.3 is 19.0 Å². The molecule has 1 aliphatic rings. The highest BCUT2D eigenvalue weighted by Crippen LogP contribution is 2.43. The topological polar surface area (TPSA) is 87.1 Å². The molecule has 1 atom stereocenters. The van der Waals surface area contributed by atoms with E-state index in [0.717, 1.165) is 22.2 Å². The second-order valence-electron chi connectivity index (χ2n) is 8.24. The number of hydrogen-bond donors (Lipinski definition) is 2. The maximum absolute atomic E-state index is 15.0. The van der Waals surface area contributed by atoms with Gasteiger partial charge in [-0.3, -0.25) is 9.89 Å². The van der Waals surface area contributed by atoms with Crippen molar-refractivity contribution in [1.82, 2.24) is 20.1 Å². The summed E-state index contributed by atoms with van der Waals surface area (Å²) in [6, 6.07) is 15.3. The summed E-state index contributed by atoms with van der Waals surface area (Å²) in [5.41, 5.74) is 3.96. The van der Waals surface area contributed by atoms with Crippen LogP contribution in [0.1, 0.15) is 33.2 Å². The van der Waals surface area contributed by atoms with Crippen LogP contribution in [0.2, 0.25) is 0 Å².